The van der Waals surface area contributed by atoms with Gasteiger partial charge in [0.1, 0.15) is 34.5 Å². The number of nitrogens with zero attached hydrogens (tertiary/aromatic N) is 1. The lowest BCUT2D eigenvalue weighted by atomic mass is 10.1. The molecule has 1 atom stereocenters. The van der Waals surface area contributed by atoms with E-state index in [1.54, 1.807) is 26.0 Å². The Hall–Kier alpha value is -2.51. The fraction of sp³-hybridized carbons (Fsp3) is 0.294. The predicted molar refractivity (Wildman–Crippen MR) is 94.7 cm³/mol. The van der Waals surface area contributed by atoms with Gasteiger partial charge < -0.3 is 15.5 Å². The molecule has 0 aliphatic heterocycles. The number of benzene rings is 1. The third kappa shape index (κ3) is 4.56. The van der Waals surface area contributed by atoms with E-state index < -0.39 is 24.4 Å². The van der Waals surface area contributed by atoms with Crippen LogP contribution in [0, 0.1) is 31.0 Å². The summed E-state index contributed by atoms with van der Waals surface area (Å²) in [5, 5.41) is 30.3. The zero-order valence-corrected chi connectivity index (χ0v) is 15.0. The molecule has 0 saturated carbocycles. The Balaban J connectivity index is 2.26. The van der Waals surface area contributed by atoms with Crippen molar-refractivity contribution in [1.82, 2.24) is 5.48 Å². The highest BCUT2D eigenvalue weighted by molar-refractivity contribution is 7.17. The van der Waals surface area contributed by atoms with E-state index in [-0.39, 0.29) is 17.9 Å². The molecule has 1 aromatic heterocycles. The van der Waals surface area contributed by atoms with Crippen LogP contribution in [0.1, 0.15) is 26.4 Å². The van der Waals surface area contributed by atoms with Crippen LogP contribution in [0.25, 0.3) is 0 Å². The molecular formula is C17H18FN3O4S. The molecule has 0 spiro atoms. The van der Waals surface area contributed by atoms with Crippen molar-refractivity contribution < 1.29 is 24.2 Å². The van der Waals surface area contributed by atoms with Crippen LogP contribution in [0.15, 0.2) is 18.2 Å². The van der Waals surface area contributed by atoms with Crippen LogP contribution in [-0.2, 0) is 4.84 Å². The molecule has 26 heavy (non-hydrogen) atoms. The minimum absolute atomic E-state index is 0.144. The van der Waals surface area contributed by atoms with E-state index in [1.807, 2.05) is 6.07 Å². The summed E-state index contributed by atoms with van der Waals surface area (Å²) in [7, 11) is 0. The van der Waals surface area contributed by atoms with Gasteiger partial charge in [0, 0.05) is 0 Å². The Morgan fingerprint density at radius 2 is 2.19 bits per heavy atom. The van der Waals surface area contributed by atoms with Crippen LogP contribution < -0.4 is 10.8 Å². The maximum atomic E-state index is 14.1. The van der Waals surface area contributed by atoms with E-state index >= 15 is 0 Å². The Labute approximate surface area is 153 Å². The lowest BCUT2D eigenvalue weighted by molar-refractivity contribution is -0.0295. The van der Waals surface area contributed by atoms with Gasteiger partial charge in [-0.15, -0.1) is 11.3 Å². The zero-order chi connectivity index (χ0) is 19.3. The summed E-state index contributed by atoms with van der Waals surface area (Å²) >= 11 is 1.02. The van der Waals surface area contributed by atoms with E-state index in [4.69, 9.17) is 9.94 Å². The molecule has 2 rings (SSSR count). The van der Waals surface area contributed by atoms with Crippen LogP contribution in [0.3, 0.4) is 0 Å². The van der Waals surface area contributed by atoms with Gasteiger partial charge >= 0.3 is 0 Å². The van der Waals surface area contributed by atoms with Crippen LogP contribution in [0.2, 0.25) is 0 Å². The number of thiophene rings is 1. The minimum Gasteiger partial charge on any atom is -0.394 e. The first-order chi connectivity index (χ1) is 12.4. The number of rotatable bonds is 7. The van der Waals surface area contributed by atoms with Crippen molar-refractivity contribution in [2.45, 2.75) is 20.0 Å². The molecule has 0 unspecified atom stereocenters. The summed E-state index contributed by atoms with van der Waals surface area (Å²) in [6.45, 7) is 2.55. The van der Waals surface area contributed by atoms with Gasteiger partial charge in [-0.2, -0.15) is 5.26 Å². The average molecular weight is 379 g/mol. The second kappa shape index (κ2) is 8.73. The Morgan fingerprint density at radius 3 is 2.81 bits per heavy atom. The molecule has 0 saturated heterocycles. The SMILES string of the molecule is Cc1ccc(Nc2sc(C#N)c(C)c2C(=O)NOC[C@H](O)CO)c(F)c1. The van der Waals surface area contributed by atoms with E-state index in [1.165, 1.54) is 6.07 Å². The first-order valence-electron chi connectivity index (χ1n) is 7.65. The monoisotopic (exact) mass is 379 g/mol. The first-order valence-corrected chi connectivity index (χ1v) is 8.46. The van der Waals surface area contributed by atoms with Crippen molar-refractivity contribution in [3.8, 4) is 6.07 Å². The molecule has 4 N–H and O–H groups in total. The van der Waals surface area contributed by atoms with Gasteiger partial charge in [-0.3, -0.25) is 9.63 Å². The number of carbonyl (C=O) groups is 1. The number of nitriles is 1. The highest BCUT2D eigenvalue weighted by Crippen LogP contribution is 2.35. The third-order valence-electron chi connectivity index (χ3n) is 3.50. The topological polar surface area (TPSA) is 115 Å². The molecule has 7 nitrogen and oxygen atoms in total. The minimum atomic E-state index is -1.13. The van der Waals surface area contributed by atoms with Gasteiger partial charge in [-0.05, 0) is 37.1 Å². The van der Waals surface area contributed by atoms with Crippen molar-refractivity contribution in [3.05, 3.63) is 45.6 Å². The molecule has 2 aromatic rings. The maximum absolute atomic E-state index is 14.1. The second-order valence-electron chi connectivity index (χ2n) is 5.56. The Kier molecular flexibility index (Phi) is 6.65. The number of hydrogen-bond acceptors (Lipinski definition) is 7. The van der Waals surface area contributed by atoms with E-state index in [9.17, 15) is 19.6 Å². The number of nitrogens with one attached hydrogen (secondary N) is 2. The van der Waals surface area contributed by atoms with Crippen molar-refractivity contribution in [1.29, 1.82) is 5.26 Å². The number of aryl methyl sites for hydroxylation is 1. The van der Waals surface area contributed by atoms with Gasteiger partial charge in [0.15, 0.2) is 0 Å². The number of aliphatic hydroxyl groups is 2. The second-order valence-corrected chi connectivity index (χ2v) is 6.58. The highest BCUT2D eigenvalue weighted by atomic mass is 32.1. The normalized spacial score (nSPS) is 11.7. The number of hydroxylamine groups is 1. The molecule has 0 bridgehead atoms. The Bertz CT molecular complexity index is 847. The number of carbonyl (C=O) groups excluding carboxylic acids is 1. The quantitative estimate of drug-likeness (QED) is 0.548. The standard InChI is InChI=1S/C17H18FN3O4S/c1-9-3-4-13(12(18)5-9)20-17-15(10(2)14(6-19)26-17)16(24)21-25-8-11(23)7-22/h3-5,11,20,22-23H,7-8H2,1-2H3,(H,21,24)/t11-/m1/s1. The largest absolute Gasteiger partial charge is 0.394 e. The number of amides is 1. The summed E-state index contributed by atoms with van der Waals surface area (Å²) in [6.07, 6.45) is -1.13. The van der Waals surface area contributed by atoms with Gasteiger partial charge in [-0.25, -0.2) is 9.87 Å². The van der Waals surface area contributed by atoms with E-state index in [2.05, 4.69) is 10.8 Å². The van der Waals surface area contributed by atoms with Crippen molar-refractivity contribution in [2.75, 3.05) is 18.5 Å². The number of hydrogen-bond donors (Lipinski definition) is 4. The zero-order valence-electron chi connectivity index (χ0n) is 14.2. The summed E-state index contributed by atoms with van der Waals surface area (Å²) < 4.78 is 14.1. The predicted octanol–water partition coefficient (Wildman–Crippen LogP) is 2.13. The molecule has 138 valence electrons. The van der Waals surface area contributed by atoms with E-state index in [0.29, 0.717) is 15.4 Å². The van der Waals surface area contributed by atoms with Crippen LogP contribution >= 0.6 is 11.3 Å². The third-order valence-corrected chi connectivity index (χ3v) is 4.61. The Morgan fingerprint density at radius 1 is 1.46 bits per heavy atom. The summed E-state index contributed by atoms with van der Waals surface area (Å²) in [4.78, 5) is 17.6. The first kappa shape index (κ1) is 19.8. The highest BCUT2D eigenvalue weighted by Gasteiger charge is 2.22. The van der Waals surface area contributed by atoms with Gasteiger partial charge in [-0.1, -0.05) is 6.07 Å². The maximum Gasteiger partial charge on any atom is 0.278 e. The molecule has 1 amide bonds. The molecule has 1 aromatic carbocycles. The molecular weight excluding hydrogens is 361 g/mol. The van der Waals surface area contributed by atoms with Gasteiger partial charge in [0.2, 0.25) is 0 Å². The summed E-state index contributed by atoms with van der Waals surface area (Å²) in [5.41, 5.74) is 3.64. The van der Waals surface area contributed by atoms with Crippen molar-refractivity contribution >= 4 is 27.9 Å². The van der Waals surface area contributed by atoms with Crippen LogP contribution in [-0.4, -0.2) is 35.4 Å². The molecule has 9 heteroatoms. The number of anilines is 2. The van der Waals surface area contributed by atoms with Crippen molar-refractivity contribution in [3.63, 3.8) is 0 Å². The number of aliphatic hydroxyl groups excluding tert-OH is 2. The molecule has 0 aliphatic rings. The van der Waals surface area contributed by atoms with Gasteiger partial charge in [0.25, 0.3) is 5.91 Å². The number of halogens is 1. The summed E-state index contributed by atoms with van der Waals surface area (Å²) in [6, 6.07) is 6.61. The van der Waals surface area contributed by atoms with Crippen LogP contribution in [0.5, 0.6) is 0 Å². The fourth-order valence-electron chi connectivity index (χ4n) is 2.13. The van der Waals surface area contributed by atoms with Crippen molar-refractivity contribution in [2.24, 2.45) is 0 Å². The molecule has 0 radical (unpaired) electrons. The average Bonchev–Trinajstić information content (AvgIpc) is 2.92. The smallest absolute Gasteiger partial charge is 0.278 e. The van der Waals surface area contributed by atoms with E-state index in [0.717, 1.165) is 16.9 Å². The van der Waals surface area contributed by atoms with Gasteiger partial charge in [0.05, 0.1) is 17.9 Å². The lowest BCUT2D eigenvalue weighted by Crippen LogP contribution is -2.30. The lowest BCUT2D eigenvalue weighted by Gasteiger charge is -2.11. The van der Waals surface area contributed by atoms with Crippen LogP contribution in [0.4, 0.5) is 15.1 Å². The molecule has 0 aliphatic carbocycles. The molecule has 1 heterocycles. The molecule has 0 fully saturated rings. The summed E-state index contributed by atoms with van der Waals surface area (Å²) in [5.74, 6) is -1.14. The fourth-order valence-corrected chi connectivity index (χ4v) is 3.15.